The van der Waals surface area contributed by atoms with E-state index in [1.165, 1.54) is 11.8 Å². The van der Waals surface area contributed by atoms with Gasteiger partial charge in [-0.15, -0.1) is 0 Å². The van der Waals surface area contributed by atoms with Crippen LogP contribution in [0.4, 0.5) is 0 Å². The molecule has 0 amide bonds. The van der Waals surface area contributed by atoms with Crippen molar-refractivity contribution in [2.45, 2.75) is 0 Å². The summed E-state index contributed by atoms with van der Waals surface area (Å²) in [5.41, 5.74) is 0.850. The Labute approximate surface area is 118 Å². The second-order valence-corrected chi connectivity index (χ2v) is 2.65. The molecule has 0 atom stereocenters. The summed E-state index contributed by atoms with van der Waals surface area (Å²) in [6, 6.07) is 9.47. The van der Waals surface area contributed by atoms with Gasteiger partial charge in [-0.1, -0.05) is 41.1 Å². The number of benzene rings is 1. The van der Waals surface area contributed by atoms with Gasteiger partial charge >= 0.3 is 0 Å². The van der Waals surface area contributed by atoms with E-state index in [9.17, 15) is 0 Å². The summed E-state index contributed by atoms with van der Waals surface area (Å²) >= 11 is 0. The molecule has 2 rings (SSSR count). The SMILES string of the molecule is CON=C(c1ccccc1)n1[c-]nnn1.[Y]. The fourth-order valence-corrected chi connectivity index (χ4v) is 1.12. The maximum Gasteiger partial charge on any atom is 0.104 e. The molecule has 1 aromatic heterocycles. The first-order valence-corrected chi connectivity index (χ1v) is 4.25. The molecular weight excluding hydrogens is 283 g/mol. The number of hydrogen-bond acceptors (Lipinski definition) is 5. The summed E-state index contributed by atoms with van der Waals surface area (Å²) in [7, 11) is 1.47. The van der Waals surface area contributed by atoms with E-state index in [1.54, 1.807) is 0 Å². The molecule has 0 aliphatic heterocycles. The van der Waals surface area contributed by atoms with Gasteiger partial charge in [0.1, 0.15) is 7.11 Å². The van der Waals surface area contributed by atoms with E-state index in [1.807, 2.05) is 30.3 Å². The topological polar surface area (TPSA) is 65.2 Å². The normalized spacial score (nSPS) is 10.7. The largest absolute Gasteiger partial charge is 0.416 e. The summed E-state index contributed by atoms with van der Waals surface area (Å²) in [5.74, 6) is 0.489. The second kappa shape index (κ2) is 6.45. The van der Waals surface area contributed by atoms with Crippen molar-refractivity contribution >= 4 is 5.84 Å². The minimum Gasteiger partial charge on any atom is -0.416 e. The molecule has 0 spiro atoms. The van der Waals surface area contributed by atoms with Crippen LogP contribution in [0.1, 0.15) is 5.56 Å². The van der Waals surface area contributed by atoms with E-state index in [2.05, 4.69) is 27.0 Å². The Kier molecular flexibility index (Phi) is 5.21. The van der Waals surface area contributed by atoms with Crippen LogP contribution in [0, 0.1) is 6.33 Å². The zero-order chi connectivity index (χ0) is 10.5. The molecule has 0 bridgehead atoms. The molecule has 0 aliphatic rings. The standard InChI is InChI=1S/C9H8N5O.Y/c1-15-11-9(14-7-10-12-13-14)8-5-3-2-4-6-8;/h2-6H,1H3;/q-1;. The van der Waals surface area contributed by atoms with Crippen molar-refractivity contribution in [3.63, 3.8) is 0 Å². The van der Waals surface area contributed by atoms with Crippen LogP contribution in [-0.2, 0) is 37.5 Å². The Morgan fingerprint density at radius 2 is 2.12 bits per heavy atom. The van der Waals surface area contributed by atoms with Gasteiger partial charge in [0.25, 0.3) is 0 Å². The second-order valence-electron chi connectivity index (χ2n) is 2.65. The molecule has 1 heterocycles. The average molecular weight is 291 g/mol. The van der Waals surface area contributed by atoms with Crippen LogP contribution in [0.25, 0.3) is 0 Å². The molecule has 0 fully saturated rings. The predicted molar refractivity (Wildman–Crippen MR) is 52.0 cm³/mol. The van der Waals surface area contributed by atoms with E-state index in [0.717, 1.165) is 5.56 Å². The van der Waals surface area contributed by atoms with Gasteiger partial charge in [0.05, 0.1) is 0 Å². The molecule has 1 radical (unpaired) electrons. The van der Waals surface area contributed by atoms with Gasteiger partial charge in [-0.25, -0.2) is 5.10 Å². The van der Waals surface area contributed by atoms with Crippen molar-refractivity contribution in [3.05, 3.63) is 42.2 Å². The van der Waals surface area contributed by atoms with Crippen molar-refractivity contribution in [1.82, 2.24) is 20.2 Å². The maximum atomic E-state index is 4.73. The Bertz CT molecular complexity index is 442. The van der Waals surface area contributed by atoms with E-state index in [4.69, 9.17) is 4.84 Å². The molecule has 6 nitrogen and oxygen atoms in total. The Balaban J connectivity index is 0.00000128. The van der Waals surface area contributed by atoms with Gasteiger partial charge in [-0.05, 0) is 11.5 Å². The third kappa shape index (κ3) is 2.93. The van der Waals surface area contributed by atoms with Crippen LogP contribution in [-0.4, -0.2) is 33.2 Å². The van der Waals surface area contributed by atoms with E-state index >= 15 is 0 Å². The predicted octanol–water partition coefficient (Wildman–Crippen LogP) is 0.327. The number of aromatic nitrogens is 4. The van der Waals surface area contributed by atoms with Gasteiger partial charge in [-0.3, -0.25) is 0 Å². The number of rotatable bonds is 2. The fourth-order valence-electron chi connectivity index (χ4n) is 1.12. The maximum absolute atomic E-state index is 4.73. The van der Waals surface area contributed by atoms with E-state index in [-0.39, 0.29) is 32.7 Å². The molecule has 0 unspecified atom stereocenters. The molecule has 1 aromatic carbocycles. The Morgan fingerprint density at radius 3 is 2.69 bits per heavy atom. The van der Waals surface area contributed by atoms with Crippen LogP contribution in [0.15, 0.2) is 35.5 Å². The Morgan fingerprint density at radius 1 is 1.38 bits per heavy atom. The third-order valence-corrected chi connectivity index (χ3v) is 1.72. The summed E-state index contributed by atoms with van der Waals surface area (Å²) in [5, 5.41) is 14.5. The molecule has 2 aromatic rings. The van der Waals surface area contributed by atoms with E-state index in [0.29, 0.717) is 5.84 Å². The van der Waals surface area contributed by atoms with Crippen molar-refractivity contribution in [2.75, 3.05) is 7.11 Å². The summed E-state index contributed by atoms with van der Waals surface area (Å²) in [6.07, 6.45) is 2.55. The molecule has 0 N–H and O–H groups in total. The van der Waals surface area contributed by atoms with Gasteiger partial charge in [0, 0.05) is 38.5 Å². The smallest absolute Gasteiger partial charge is 0.104 e. The molecule has 0 saturated heterocycles. The van der Waals surface area contributed by atoms with Crippen LogP contribution < -0.4 is 0 Å². The van der Waals surface area contributed by atoms with Crippen molar-refractivity contribution in [3.8, 4) is 0 Å². The van der Waals surface area contributed by atoms with Crippen LogP contribution in [0.5, 0.6) is 0 Å². The van der Waals surface area contributed by atoms with Crippen LogP contribution in [0.2, 0.25) is 0 Å². The van der Waals surface area contributed by atoms with Crippen molar-refractivity contribution < 1.29 is 37.5 Å². The van der Waals surface area contributed by atoms with E-state index < -0.39 is 0 Å². The minimum atomic E-state index is 0. The third-order valence-electron chi connectivity index (χ3n) is 1.72. The van der Waals surface area contributed by atoms with Crippen molar-refractivity contribution in [1.29, 1.82) is 0 Å². The molecule has 16 heavy (non-hydrogen) atoms. The summed E-state index contributed by atoms with van der Waals surface area (Å²) in [4.78, 5) is 4.73. The first kappa shape index (κ1) is 12.9. The average Bonchev–Trinajstić information content (AvgIpc) is 2.80. The molecule has 0 aliphatic carbocycles. The number of oxime groups is 1. The fraction of sp³-hybridized carbons (Fsp3) is 0.111. The number of tetrazole rings is 1. The molecule has 7 heteroatoms. The molecule has 0 saturated carbocycles. The van der Waals surface area contributed by atoms with Crippen LogP contribution >= 0.6 is 0 Å². The van der Waals surface area contributed by atoms with Gasteiger partial charge < -0.3 is 9.52 Å². The quantitative estimate of drug-likeness (QED) is 0.346. The monoisotopic (exact) mass is 291 g/mol. The van der Waals surface area contributed by atoms with Crippen molar-refractivity contribution in [2.24, 2.45) is 5.16 Å². The number of nitrogens with zero attached hydrogens (tertiary/aromatic N) is 5. The summed E-state index contributed by atoms with van der Waals surface area (Å²) < 4.78 is 1.32. The molecule has 79 valence electrons. The van der Waals surface area contributed by atoms with Gasteiger partial charge in [0.2, 0.25) is 0 Å². The zero-order valence-electron chi connectivity index (χ0n) is 8.61. The molecular formula is C9H8N5OY-. The zero-order valence-corrected chi connectivity index (χ0v) is 11.4. The summed E-state index contributed by atoms with van der Waals surface area (Å²) in [6.45, 7) is 0. The van der Waals surface area contributed by atoms with Gasteiger partial charge in [-0.2, -0.15) is 5.16 Å². The minimum absolute atomic E-state index is 0. The Hall–Kier alpha value is -1.14. The van der Waals surface area contributed by atoms with Gasteiger partial charge in [0.15, 0.2) is 0 Å². The van der Waals surface area contributed by atoms with Crippen LogP contribution in [0.3, 0.4) is 0 Å². The first-order valence-electron chi connectivity index (χ1n) is 4.25. The first-order chi connectivity index (χ1) is 7.42. The number of hydrogen-bond donors (Lipinski definition) is 0.